The number of hydrogen-bond donors (Lipinski definition) is 2. The van der Waals surface area contributed by atoms with Crippen LogP contribution in [-0.2, 0) is 21.5 Å². The molecule has 0 atom stereocenters. The molecule has 0 unspecified atom stereocenters. The van der Waals surface area contributed by atoms with Gasteiger partial charge in [0.1, 0.15) is 5.75 Å². The fourth-order valence-corrected chi connectivity index (χ4v) is 4.08. The monoisotopic (exact) mass is 546 g/mol. The number of rotatable bonds is 4. The number of fused-ring (bicyclic) bond motifs is 1. The number of amides is 1. The third kappa shape index (κ3) is 8.34. The molecule has 16 heteroatoms. The number of aromatic nitrogens is 1. The number of benzene rings is 2. The van der Waals surface area contributed by atoms with Gasteiger partial charge >= 0.3 is 18.4 Å². The van der Waals surface area contributed by atoms with Gasteiger partial charge in [0.05, 0.1) is 21.7 Å². The Kier molecular flexibility index (Phi) is 8.70. The van der Waals surface area contributed by atoms with Crippen molar-refractivity contribution in [3.8, 4) is 5.75 Å². The van der Waals surface area contributed by atoms with E-state index in [-0.39, 0.29) is 21.7 Å². The normalized spacial score (nSPS) is 12.9. The molecule has 1 heterocycles. The molecule has 0 aliphatic rings. The molecule has 2 aromatic carbocycles. The highest BCUT2D eigenvalue weighted by molar-refractivity contribution is 7.85. The molecule has 192 valence electrons. The molecule has 0 spiro atoms. The summed E-state index contributed by atoms with van der Waals surface area (Å²) in [6.45, 7) is 1.18. The fourth-order valence-electron chi connectivity index (χ4n) is 2.51. The van der Waals surface area contributed by atoms with Gasteiger partial charge in [-0.05, 0) is 37.3 Å². The molecule has 8 nitrogen and oxygen atoms in total. The lowest BCUT2D eigenvalue weighted by Crippen LogP contribution is -2.26. The van der Waals surface area contributed by atoms with E-state index in [2.05, 4.69) is 9.73 Å². The van der Waals surface area contributed by atoms with Crippen LogP contribution < -0.4 is 9.54 Å². The predicted molar refractivity (Wildman–Crippen MR) is 111 cm³/mol. The van der Waals surface area contributed by atoms with E-state index < -0.39 is 45.7 Å². The molecular weight excluding hydrogens is 530 g/mol. The van der Waals surface area contributed by atoms with E-state index >= 15 is 0 Å². The minimum atomic E-state index is -5.18. The van der Waals surface area contributed by atoms with Crippen molar-refractivity contribution < 1.29 is 54.0 Å². The second-order valence-electron chi connectivity index (χ2n) is 6.64. The van der Waals surface area contributed by atoms with Crippen molar-refractivity contribution in [3.63, 3.8) is 0 Å². The first kappa shape index (κ1) is 28.3. The number of thiazole rings is 1. The number of halogens is 6. The first-order chi connectivity index (χ1) is 16.0. The lowest BCUT2D eigenvalue weighted by atomic mass is 10.2. The molecule has 0 aliphatic carbocycles. The number of aliphatic hydroxyl groups excluding tert-OH is 1. The number of alkyl halides is 6. The Labute approximate surface area is 197 Å². The van der Waals surface area contributed by atoms with E-state index in [4.69, 9.17) is 9.66 Å². The highest BCUT2D eigenvalue weighted by Gasteiger charge is 2.38. The number of hydrogen-bond acceptors (Lipinski definition) is 6. The average Bonchev–Trinajstić information content (AvgIpc) is 3.03. The van der Waals surface area contributed by atoms with Crippen LogP contribution >= 0.6 is 11.3 Å². The molecule has 0 bridgehead atoms. The van der Waals surface area contributed by atoms with Gasteiger partial charge in [-0.15, -0.1) is 13.2 Å². The maximum absolute atomic E-state index is 12.3. The summed E-state index contributed by atoms with van der Waals surface area (Å²) in [4.78, 5) is 13.5. The summed E-state index contributed by atoms with van der Waals surface area (Å²) in [6.07, 6.45) is -10.1. The molecular formula is C19H16F6N2O6S2. The summed E-state index contributed by atoms with van der Waals surface area (Å²) in [5.74, 6) is -2.92. The van der Waals surface area contributed by atoms with E-state index in [0.717, 1.165) is 22.3 Å². The summed E-state index contributed by atoms with van der Waals surface area (Å²) >= 11 is 0.565. The molecule has 0 fully saturated rings. The van der Waals surface area contributed by atoms with Gasteiger partial charge in [0.2, 0.25) is 0 Å². The van der Waals surface area contributed by atoms with Crippen molar-refractivity contribution in [1.82, 2.24) is 4.57 Å². The van der Waals surface area contributed by atoms with Gasteiger partial charge < -0.3 is 14.4 Å². The minimum absolute atomic E-state index is 0.0666. The summed E-state index contributed by atoms with van der Waals surface area (Å²) in [7, 11) is -4.02. The molecule has 0 saturated heterocycles. The standard InChI is InChI=1S/C12H8F6N2O3S.C7H8O3S/c13-11(14,15)9(22)19-10-20(3-4-21)7-2-1-6(5-8(7)24-10)23-12(16,17)18;1-6-2-4-7(5-3-6)11(8,9)10/h1-2,5,21H,3-4H2;2-5H,1H3,(H,8,9,10). The second kappa shape index (κ2) is 10.8. The molecule has 2 N–H and O–H groups in total. The lowest BCUT2D eigenvalue weighted by Gasteiger charge is -2.08. The highest BCUT2D eigenvalue weighted by atomic mass is 32.2. The van der Waals surface area contributed by atoms with E-state index in [9.17, 15) is 39.6 Å². The number of aryl methyl sites for hydroxylation is 1. The Hall–Kier alpha value is -2.95. The van der Waals surface area contributed by atoms with Crippen molar-refractivity contribution >= 4 is 37.6 Å². The van der Waals surface area contributed by atoms with Gasteiger partial charge in [-0.3, -0.25) is 9.35 Å². The quantitative estimate of drug-likeness (QED) is 0.380. The molecule has 0 saturated carbocycles. The highest BCUT2D eigenvalue weighted by Crippen LogP contribution is 2.28. The van der Waals surface area contributed by atoms with Crippen molar-refractivity contribution in [3.05, 3.63) is 52.8 Å². The molecule has 35 heavy (non-hydrogen) atoms. The Balaban J connectivity index is 0.000000328. The zero-order valence-electron chi connectivity index (χ0n) is 17.5. The van der Waals surface area contributed by atoms with Crippen LogP contribution in [0, 0.1) is 6.92 Å². The number of carbonyl (C=O) groups excluding carboxylic acids is 1. The van der Waals surface area contributed by atoms with Crippen molar-refractivity contribution in [1.29, 1.82) is 0 Å². The van der Waals surface area contributed by atoms with E-state index in [1.54, 1.807) is 12.1 Å². The van der Waals surface area contributed by atoms with E-state index in [1.165, 1.54) is 18.2 Å². The molecule has 0 aliphatic heterocycles. The SMILES string of the molecule is Cc1ccc(S(=O)(=O)O)cc1.O=C(N=c1sc2cc(OC(F)(F)F)ccc2n1CCO)C(F)(F)F. The van der Waals surface area contributed by atoms with Crippen LogP contribution in [0.5, 0.6) is 5.75 Å². The van der Waals surface area contributed by atoms with Gasteiger partial charge in [0, 0.05) is 6.54 Å². The van der Waals surface area contributed by atoms with Gasteiger partial charge in [0.25, 0.3) is 10.1 Å². The number of ether oxygens (including phenoxy) is 1. The zero-order valence-corrected chi connectivity index (χ0v) is 19.1. The summed E-state index contributed by atoms with van der Waals surface area (Å²) in [6, 6.07) is 9.07. The van der Waals surface area contributed by atoms with Crippen LogP contribution in [-0.4, -0.2) is 47.7 Å². The number of nitrogens with zero attached hydrogens (tertiary/aromatic N) is 2. The summed E-state index contributed by atoms with van der Waals surface area (Å²) in [5.41, 5.74) is 1.16. The second-order valence-corrected chi connectivity index (χ2v) is 9.07. The van der Waals surface area contributed by atoms with Gasteiger partial charge in [-0.25, -0.2) is 0 Å². The fraction of sp³-hybridized carbons (Fsp3) is 0.263. The van der Waals surface area contributed by atoms with Gasteiger partial charge in [-0.1, -0.05) is 29.0 Å². The lowest BCUT2D eigenvalue weighted by molar-refractivity contribution is -0.274. The molecule has 1 amide bonds. The summed E-state index contributed by atoms with van der Waals surface area (Å²) < 4.78 is 108. The zero-order chi connectivity index (χ0) is 26.6. The Morgan fingerprint density at radius 3 is 2.17 bits per heavy atom. The molecule has 0 radical (unpaired) electrons. The maximum Gasteiger partial charge on any atom is 0.573 e. The number of carbonyl (C=O) groups is 1. The van der Waals surface area contributed by atoms with Crippen LogP contribution in [0.25, 0.3) is 10.2 Å². The number of aliphatic hydroxyl groups is 1. The van der Waals surface area contributed by atoms with E-state index in [1.807, 2.05) is 6.92 Å². The van der Waals surface area contributed by atoms with Crippen molar-refractivity contribution in [2.45, 2.75) is 30.9 Å². The Morgan fingerprint density at radius 2 is 1.69 bits per heavy atom. The van der Waals surface area contributed by atoms with Crippen LogP contribution in [0.15, 0.2) is 52.4 Å². The van der Waals surface area contributed by atoms with Crippen LogP contribution in [0.3, 0.4) is 0 Å². The van der Waals surface area contributed by atoms with Gasteiger partial charge in [0.15, 0.2) is 4.80 Å². The first-order valence-electron chi connectivity index (χ1n) is 9.21. The van der Waals surface area contributed by atoms with Gasteiger partial charge in [-0.2, -0.15) is 26.6 Å². The first-order valence-corrected chi connectivity index (χ1v) is 11.5. The molecule has 3 aromatic rings. The summed E-state index contributed by atoms with van der Waals surface area (Å²) in [5, 5.41) is 8.98. The smallest absolute Gasteiger partial charge is 0.406 e. The third-order valence-electron chi connectivity index (χ3n) is 3.97. The van der Waals surface area contributed by atoms with Crippen LogP contribution in [0.1, 0.15) is 5.56 Å². The van der Waals surface area contributed by atoms with Crippen molar-refractivity contribution in [2.24, 2.45) is 4.99 Å². The van der Waals surface area contributed by atoms with Crippen LogP contribution in [0.4, 0.5) is 26.3 Å². The maximum atomic E-state index is 12.3. The topological polar surface area (TPSA) is 118 Å². The Morgan fingerprint density at radius 1 is 1.09 bits per heavy atom. The third-order valence-corrected chi connectivity index (χ3v) is 5.88. The van der Waals surface area contributed by atoms with Crippen molar-refractivity contribution in [2.75, 3.05) is 6.61 Å². The molecule has 3 rings (SSSR count). The average molecular weight is 546 g/mol. The minimum Gasteiger partial charge on any atom is -0.406 e. The Bertz CT molecular complexity index is 1360. The molecule has 1 aromatic heterocycles. The van der Waals surface area contributed by atoms with E-state index in [0.29, 0.717) is 11.3 Å². The predicted octanol–water partition coefficient (Wildman–Crippen LogP) is 3.83. The largest absolute Gasteiger partial charge is 0.573 e. The van der Waals surface area contributed by atoms with Crippen LogP contribution in [0.2, 0.25) is 0 Å².